The maximum atomic E-state index is 5.48. The van der Waals surface area contributed by atoms with E-state index in [-0.39, 0.29) is 0 Å². The standard InChI is InChI=1S/C12H23NO/c1-2-3-10-14-11-9-13-12-7-5-4-6-8-12/h4-5,12-13H,2-3,6-11H2,1H3. The number of unbranched alkanes of at least 4 members (excludes halogenated alkanes) is 1. The predicted molar refractivity (Wildman–Crippen MR) is 60.5 cm³/mol. The predicted octanol–water partition coefficient (Wildman–Crippen LogP) is 2.50. The van der Waals surface area contributed by atoms with Gasteiger partial charge in [0, 0.05) is 19.2 Å². The summed E-state index contributed by atoms with van der Waals surface area (Å²) >= 11 is 0. The van der Waals surface area contributed by atoms with Gasteiger partial charge in [-0.25, -0.2) is 0 Å². The molecule has 0 aliphatic heterocycles. The lowest BCUT2D eigenvalue weighted by Gasteiger charge is -2.19. The molecule has 1 rings (SSSR count). The van der Waals surface area contributed by atoms with Crippen molar-refractivity contribution in [2.24, 2.45) is 0 Å². The van der Waals surface area contributed by atoms with Crippen LogP contribution in [0.15, 0.2) is 12.2 Å². The Morgan fingerprint density at radius 2 is 2.29 bits per heavy atom. The number of ether oxygens (including phenoxy) is 1. The minimum absolute atomic E-state index is 0.690. The molecule has 0 saturated carbocycles. The highest BCUT2D eigenvalue weighted by molar-refractivity contribution is 4.92. The van der Waals surface area contributed by atoms with E-state index in [9.17, 15) is 0 Å². The average Bonchev–Trinajstić information content (AvgIpc) is 2.25. The maximum absolute atomic E-state index is 5.48. The Hall–Kier alpha value is -0.340. The van der Waals surface area contributed by atoms with E-state index in [1.807, 2.05) is 0 Å². The van der Waals surface area contributed by atoms with Gasteiger partial charge in [-0.2, -0.15) is 0 Å². The van der Waals surface area contributed by atoms with Crippen LogP contribution in [0.25, 0.3) is 0 Å². The van der Waals surface area contributed by atoms with Gasteiger partial charge in [-0.1, -0.05) is 25.5 Å². The van der Waals surface area contributed by atoms with Crippen LogP contribution in [0.5, 0.6) is 0 Å². The third-order valence-corrected chi connectivity index (χ3v) is 2.59. The lowest BCUT2D eigenvalue weighted by molar-refractivity contribution is 0.130. The zero-order valence-electron chi connectivity index (χ0n) is 9.30. The van der Waals surface area contributed by atoms with Crippen molar-refractivity contribution in [1.29, 1.82) is 0 Å². The van der Waals surface area contributed by atoms with Crippen molar-refractivity contribution < 1.29 is 4.74 Å². The molecule has 0 aromatic rings. The summed E-state index contributed by atoms with van der Waals surface area (Å²) in [6.07, 6.45) is 10.7. The van der Waals surface area contributed by atoms with Gasteiger partial charge in [-0.3, -0.25) is 0 Å². The van der Waals surface area contributed by atoms with Gasteiger partial charge in [0.25, 0.3) is 0 Å². The number of nitrogens with one attached hydrogen (secondary N) is 1. The van der Waals surface area contributed by atoms with Gasteiger partial charge < -0.3 is 10.1 Å². The van der Waals surface area contributed by atoms with Crippen LogP contribution in [-0.4, -0.2) is 25.8 Å². The Morgan fingerprint density at radius 1 is 1.36 bits per heavy atom. The molecule has 0 saturated heterocycles. The first-order valence-corrected chi connectivity index (χ1v) is 5.89. The summed E-state index contributed by atoms with van der Waals surface area (Å²) in [4.78, 5) is 0. The molecule has 1 aliphatic carbocycles. The molecule has 0 aromatic heterocycles. The van der Waals surface area contributed by atoms with Gasteiger partial charge in [0.1, 0.15) is 0 Å². The van der Waals surface area contributed by atoms with Crippen LogP contribution in [0.4, 0.5) is 0 Å². The molecular weight excluding hydrogens is 174 g/mol. The van der Waals surface area contributed by atoms with Gasteiger partial charge in [0.2, 0.25) is 0 Å². The fourth-order valence-corrected chi connectivity index (χ4v) is 1.66. The van der Waals surface area contributed by atoms with Gasteiger partial charge in [0.05, 0.1) is 6.61 Å². The van der Waals surface area contributed by atoms with E-state index in [4.69, 9.17) is 4.74 Å². The molecule has 0 aromatic carbocycles. The lowest BCUT2D eigenvalue weighted by atomic mass is 10.0. The minimum atomic E-state index is 0.690. The van der Waals surface area contributed by atoms with Crippen LogP contribution < -0.4 is 5.32 Å². The van der Waals surface area contributed by atoms with Crippen LogP contribution in [0, 0.1) is 0 Å². The van der Waals surface area contributed by atoms with Crippen LogP contribution >= 0.6 is 0 Å². The zero-order valence-corrected chi connectivity index (χ0v) is 9.30. The Morgan fingerprint density at radius 3 is 3.00 bits per heavy atom. The first-order chi connectivity index (χ1) is 6.93. The normalized spacial score (nSPS) is 21.4. The third-order valence-electron chi connectivity index (χ3n) is 2.59. The van der Waals surface area contributed by atoms with Crippen molar-refractivity contribution in [3.05, 3.63) is 12.2 Å². The molecule has 0 fully saturated rings. The quantitative estimate of drug-likeness (QED) is 0.500. The number of allylic oxidation sites excluding steroid dienone is 1. The van der Waals surface area contributed by atoms with Crippen molar-refractivity contribution in [1.82, 2.24) is 5.32 Å². The molecule has 0 amide bonds. The van der Waals surface area contributed by atoms with Crippen LogP contribution in [-0.2, 0) is 4.74 Å². The SMILES string of the molecule is CCCCOCCNC1CC=CCC1. The highest BCUT2D eigenvalue weighted by atomic mass is 16.5. The van der Waals surface area contributed by atoms with E-state index < -0.39 is 0 Å². The van der Waals surface area contributed by atoms with Crippen molar-refractivity contribution in [3.8, 4) is 0 Å². The lowest BCUT2D eigenvalue weighted by Crippen LogP contribution is -2.32. The van der Waals surface area contributed by atoms with E-state index >= 15 is 0 Å². The van der Waals surface area contributed by atoms with Crippen molar-refractivity contribution in [3.63, 3.8) is 0 Å². The van der Waals surface area contributed by atoms with Crippen LogP contribution in [0.3, 0.4) is 0 Å². The molecule has 2 nitrogen and oxygen atoms in total. The number of hydrogen-bond acceptors (Lipinski definition) is 2. The van der Waals surface area contributed by atoms with E-state index in [2.05, 4.69) is 24.4 Å². The van der Waals surface area contributed by atoms with Gasteiger partial charge in [-0.05, 0) is 25.7 Å². The summed E-state index contributed by atoms with van der Waals surface area (Å²) in [5.41, 5.74) is 0. The van der Waals surface area contributed by atoms with Crippen LogP contribution in [0.1, 0.15) is 39.0 Å². The number of hydrogen-bond donors (Lipinski definition) is 1. The topological polar surface area (TPSA) is 21.3 Å². The Bertz CT molecular complexity index is 156. The second-order valence-corrected chi connectivity index (χ2v) is 3.90. The highest BCUT2D eigenvalue weighted by Gasteiger charge is 2.07. The van der Waals surface area contributed by atoms with Gasteiger partial charge in [-0.15, -0.1) is 0 Å². The number of rotatable bonds is 7. The van der Waals surface area contributed by atoms with Gasteiger partial charge in [0.15, 0.2) is 0 Å². The molecule has 1 unspecified atom stereocenters. The monoisotopic (exact) mass is 197 g/mol. The molecule has 0 bridgehead atoms. The second-order valence-electron chi connectivity index (χ2n) is 3.90. The van der Waals surface area contributed by atoms with E-state index in [0.29, 0.717) is 6.04 Å². The van der Waals surface area contributed by atoms with Gasteiger partial charge >= 0.3 is 0 Å². The molecule has 0 radical (unpaired) electrons. The fourth-order valence-electron chi connectivity index (χ4n) is 1.66. The summed E-state index contributed by atoms with van der Waals surface area (Å²) in [5, 5.41) is 3.52. The molecule has 82 valence electrons. The van der Waals surface area contributed by atoms with E-state index in [1.165, 1.54) is 32.1 Å². The van der Waals surface area contributed by atoms with Crippen molar-refractivity contribution in [2.75, 3.05) is 19.8 Å². The van der Waals surface area contributed by atoms with Crippen molar-refractivity contribution >= 4 is 0 Å². The Balaban J connectivity index is 1.86. The smallest absolute Gasteiger partial charge is 0.0591 e. The first-order valence-electron chi connectivity index (χ1n) is 5.89. The summed E-state index contributed by atoms with van der Waals surface area (Å²) < 4.78 is 5.48. The molecule has 1 atom stereocenters. The Kier molecular flexibility index (Phi) is 6.71. The molecular formula is C12H23NO. The first kappa shape index (κ1) is 11.7. The molecule has 2 heteroatoms. The van der Waals surface area contributed by atoms with Crippen molar-refractivity contribution in [2.45, 2.75) is 45.1 Å². The molecule has 0 spiro atoms. The third kappa shape index (κ3) is 5.40. The molecule has 14 heavy (non-hydrogen) atoms. The highest BCUT2D eigenvalue weighted by Crippen LogP contribution is 2.09. The summed E-state index contributed by atoms with van der Waals surface area (Å²) in [7, 11) is 0. The van der Waals surface area contributed by atoms with Crippen LogP contribution in [0.2, 0.25) is 0 Å². The van der Waals surface area contributed by atoms with E-state index in [1.54, 1.807) is 0 Å². The molecule has 1 aliphatic rings. The minimum Gasteiger partial charge on any atom is -0.380 e. The molecule has 1 N–H and O–H groups in total. The summed E-state index contributed by atoms with van der Waals surface area (Å²) in [6.45, 7) is 4.97. The zero-order chi connectivity index (χ0) is 10.1. The fraction of sp³-hybridized carbons (Fsp3) is 0.833. The second kappa shape index (κ2) is 8.01. The summed E-state index contributed by atoms with van der Waals surface area (Å²) in [5.74, 6) is 0. The largest absolute Gasteiger partial charge is 0.380 e. The Labute approximate surface area is 87.7 Å². The summed E-state index contributed by atoms with van der Waals surface area (Å²) in [6, 6.07) is 0.690. The van der Waals surface area contributed by atoms with E-state index in [0.717, 1.165) is 19.8 Å². The molecule has 0 heterocycles. The maximum Gasteiger partial charge on any atom is 0.0591 e. The average molecular weight is 197 g/mol.